The van der Waals surface area contributed by atoms with E-state index in [1.807, 2.05) is 66.1 Å². The third-order valence-electron chi connectivity index (χ3n) is 4.84. The van der Waals surface area contributed by atoms with E-state index < -0.39 is 0 Å². The lowest BCUT2D eigenvalue weighted by molar-refractivity contribution is 0.0947. The molecule has 0 radical (unpaired) electrons. The van der Waals surface area contributed by atoms with Gasteiger partial charge in [0.2, 0.25) is 0 Å². The van der Waals surface area contributed by atoms with Crippen LogP contribution in [0.25, 0.3) is 16.6 Å². The zero-order valence-electron chi connectivity index (χ0n) is 17.0. The molecule has 0 spiro atoms. The molecule has 4 aromatic rings. The van der Waals surface area contributed by atoms with Crippen molar-refractivity contribution < 1.29 is 9.53 Å². The van der Waals surface area contributed by atoms with Crippen LogP contribution in [0.4, 0.5) is 0 Å². The van der Waals surface area contributed by atoms with Crippen molar-refractivity contribution in [2.24, 2.45) is 5.10 Å². The lowest BCUT2D eigenvalue weighted by Crippen LogP contribution is -2.21. The summed E-state index contributed by atoms with van der Waals surface area (Å²) in [6, 6.07) is 19.0. The van der Waals surface area contributed by atoms with Gasteiger partial charge in [-0.3, -0.25) is 4.79 Å². The van der Waals surface area contributed by atoms with Crippen molar-refractivity contribution in [3.8, 4) is 5.69 Å². The number of carbonyl (C=O) groups is 1. The van der Waals surface area contributed by atoms with Crippen LogP contribution in [0.1, 0.15) is 23.0 Å². The van der Waals surface area contributed by atoms with Crippen LogP contribution < -0.4 is 5.43 Å². The number of carbonyl (C=O) groups excluding carboxylic acids is 1. The van der Waals surface area contributed by atoms with Crippen molar-refractivity contribution >= 4 is 34.6 Å². The normalized spacial score (nSPS) is 11.4. The molecule has 0 atom stereocenters. The molecule has 0 unspecified atom stereocenters. The van der Waals surface area contributed by atoms with Crippen molar-refractivity contribution in [2.75, 3.05) is 13.2 Å². The molecule has 8 heteroatoms. The summed E-state index contributed by atoms with van der Waals surface area (Å²) in [5, 5.41) is 9.90. The molecule has 1 N–H and O–H groups in total. The molecule has 2 heterocycles. The van der Waals surface area contributed by atoms with E-state index in [1.54, 1.807) is 23.2 Å². The highest BCUT2D eigenvalue weighted by Crippen LogP contribution is 2.28. The zero-order valence-corrected chi connectivity index (χ0v) is 17.8. The molecular weight excluding hydrogens is 414 g/mol. The Hall–Kier alpha value is -3.42. The van der Waals surface area contributed by atoms with Gasteiger partial charge in [0.1, 0.15) is 10.8 Å². The van der Waals surface area contributed by atoms with Crippen LogP contribution in [0.5, 0.6) is 0 Å². The van der Waals surface area contributed by atoms with E-state index >= 15 is 0 Å². The molecule has 4 rings (SSSR count). The number of nitrogens with one attached hydrogen (secondary N) is 1. The minimum absolute atomic E-state index is 0.367. The average Bonchev–Trinajstić information content (AvgIpc) is 3.39. The highest BCUT2D eigenvalue weighted by Gasteiger charge is 2.15. The van der Waals surface area contributed by atoms with Gasteiger partial charge in [0, 0.05) is 29.6 Å². The molecule has 0 aliphatic heterocycles. The van der Waals surface area contributed by atoms with Gasteiger partial charge in [-0.1, -0.05) is 48.0 Å². The first-order chi connectivity index (χ1) is 15.2. The molecule has 0 aliphatic carbocycles. The second kappa shape index (κ2) is 9.59. The van der Waals surface area contributed by atoms with Crippen LogP contribution in [0.15, 0.2) is 72.0 Å². The summed E-state index contributed by atoms with van der Waals surface area (Å²) in [6.45, 7) is 3.80. The van der Waals surface area contributed by atoms with Crippen LogP contribution in [0.2, 0.25) is 5.15 Å². The molecule has 158 valence electrons. The molecule has 0 fully saturated rings. The Bertz CT molecular complexity index is 1210. The minimum atomic E-state index is -0.367. The molecule has 7 nitrogen and oxygen atoms in total. The Morgan fingerprint density at radius 3 is 2.74 bits per heavy atom. The van der Waals surface area contributed by atoms with Crippen molar-refractivity contribution in [1.29, 1.82) is 0 Å². The quantitative estimate of drug-likeness (QED) is 0.255. The van der Waals surface area contributed by atoms with Gasteiger partial charge in [-0.2, -0.15) is 10.2 Å². The Morgan fingerprint density at radius 1 is 1.16 bits per heavy atom. The monoisotopic (exact) mass is 435 g/mol. The van der Waals surface area contributed by atoms with Gasteiger partial charge in [0.15, 0.2) is 0 Å². The largest absolute Gasteiger partial charge is 0.380 e. The number of amides is 1. The molecule has 2 aromatic carbocycles. The van der Waals surface area contributed by atoms with Crippen molar-refractivity contribution in [1.82, 2.24) is 19.8 Å². The second-order valence-corrected chi connectivity index (χ2v) is 7.09. The van der Waals surface area contributed by atoms with Crippen molar-refractivity contribution in [3.05, 3.63) is 83.3 Å². The Kier molecular flexibility index (Phi) is 6.45. The first-order valence-corrected chi connectivity index (χ1v) is 10.4. The molecule has 31 heavy (non-hydrogen) atoms. The van der Waals surface area contributed by atoms with E-state index in [4.69, 9.17) is 16.3 Å². The number of ether oxygens (including phenoxy) is 1. The maximum atomic E-state index is 12.7. The SMILES string of the molecule is CCOCCn1c(Cl)c(/C=N/NC(=O)c2ccnn2-c2ccccc2)c2ccccc21. The number of rotatable bonds is 8. The maximum absolute atomic E-state index is 12.7. The number of hydrogen-bond acceptors (Lipinski definition) is 4. The van der Waals surface area contributed by atoms with E-state index in [-0.39, 0.29) is 5.91 Å². The molecule has 0 aliphatic rings. The first kappa shape index (κ1) is 20.8. The Labute approximate surface area is 184 Å². The van der Waals surface area contributed by atoms with E-state index in [9.17, 15) is 4.79 Å². The molecule has 0 saturated heterocycles. The number of benzene rings is 2. The van der Waals surface area contributed by atoms with E-state index in [0.29, 0.717) is 30.6 Å². The second-order valence-electron chi connectivity index (χ2n) is 6.73. The van der Waals surface area contributed by atoms with Crippen LogP contribution in [0.3, 0.4) is 0 Å². The number of hydrogen-bond donors (Lipinski definition) is 1. The van der Waals surface area contributed by atoms with Gasteiger partial charge >= 0.3 is 0 Å². The number of para-hydroxylation sites is 2. The number of halogens is 1. The lowest BCUT2D eigenvalue weighted by Gasteiger charge is -2.07. The third kappa shape index (κ3) is 4.38. The highest BCUT2D eigenvalue weighted by molar-refractivity contribution is 6.34. The van der Waals surface area contributed by atoms with Crippen molar-refractivity contribution in [2.45, 2.75) is 13.5 Å². The lowest BCUT2D eigenvalue weighted by atomic mass is 10.2. The summed E-state index contributed by atoms with van der Waals surface area (Å²) in [5.41, 5.74) is 5.48. The minimum Gasteiger partial charge on any atom is -0.380 e. The van der Waals surface area contributed by atoms with Gasteiger partial charge in [-0.15, -0.1) is 0 Å². The predicted octanol–water partition coefficient (Wildman–Crippen LogP) is 4.28. The number of nitrogens with zero attached hydrogens (tertiary/aromatic N) is 4. The Morgan fingerprint density at radius 2 is 1.94 bits per heavy atom. The topological polar surface area (TPSA) is 73.4 Å². The van der Waals surface area contributed by atoms with E-state index in [1.165, 1.54) is 0 Å². The summed E-state index contributed by atoms with van der Waals surface area (Å²) >= 11 is 6.64. The van der Waals surface area contributed by atoms with Crippen molar-refractivity contribution in [3.63, 3.8) is 0 Å². The molecule has 0 bridgehead atoms. The van der Waals surface area contributed by atoms with E-state index in [0.717, 1.165) is 22.2 Å². The predicted molar refractivity (Wildman–Crippen MR) is 122 cm³/mol. The maximum Gasteiger partial charge on any atom is 0.290 e. The summed E-state index contributed by atoms with van der Waals surface area (Å²) in [7, 11) is 0. The molecular formula is C23H22ClN5O2. The van der Waals surface area contributed by atoms with Gasteiger partial charge in [0.25, 0.3) is 5.91 Å². The standard InChI is InChI=1S/C23H22ClN5O2/c1-2-31-15-14-28-20-11-7-6-10-18(20)19(22(28)24)16-25-27-23(30)21-12-13-26-29(21)17-8-4-3-5-9-17/h3-13,16H,2,14-15H2,1H3,(H,27,30)/b25-16+. The molecule has 2 aromatic heterocycles. The van der Waals surface area contributed by atoms with Crippen LogP contribution in [-0.4, -0.2) is 39.7 Å². The van der Waals surface area contributed by atoms with Gasteiger partial charge in [-0.25, -0.2) is 10.1 Å². The third-order valence-corrected chi connectivity index (χ3v) is 5.25. The summed E-state index contributed by atoms with van der Waals surface area (Å²) < 4.78 is 9.03. The van der Waals surface area contributed by atoms with Crippen LogP contribution in [-0.2, 0) is 11.3 Å². The summed E-state index contributed by atoms with van der Waals surface area (Å²) in [5.74, 6) is -0.367. The van der Waals surface area contributed by atoms with Gasteiger partial charge in [-0.05, 0) is 31.2 Å². The van der Waals surface area contributed by atoms with Gasteiger partial charge < -0.3 is 9.30 Å². The number of fused-ring (bicyclic) bond motifs is 1. The smallest absolute Gasteiger partial charge is 0.290 e. The fourth-order valence-corrected chi connectivity index (χ4v) is 3.73. The van der Waals surface area contributed by atoms with Crippen LogP contribution >= 0.6 is 11.6 Å². The highest BCUT2D eigenvalue weighted by atomic mass is 35.5. The molecule has 1 amide bonds. The fourth-order valence-electron chi connectivity index (χ4n) is 3.40. The summed E-state index contributed by atoms with van der Waals surface area (Å²) in [4.78, 5) is 12.7. The molecule has 0 saturated carbocycles. The number of hydrazone groups is 1. The van der Waals surface area contributed by atoms with E-state index in [2.05, 4.69) is 15.6 Å². The number of aromatic nitrogens is 3. The Balaban J connectivity index is 1.56. The summed E-state index contributed by atoms with van der Waals surface area (Å²) in [6.07, 6.45) is 3.15. The average molecular weight is 436 g/mol. The first-order valence-electron chi connectivity index (χ1n) is 9.98. The van der Waals surface area contributed by atoms with Gasteiger partial charge in [0.05, 0.1) is 24.7 Å². The van der Waals surface area contributed by atoms with Crippen LogP contribution in [0, 0.1) is 0 Å². The fraction of sp³-hybridized carbons (Fsp3) is 0.174. The zero-order chi connectivity index (χ0) is 21.6.